The van der Waals surface area contributed by atoms with Crippen LogP contribution in [0.5, 0.6) is 0 Å². The number of aliphatic carboxylic acids is 1. The Morgan fingerprint density at radius 2 is 2.07 bits per heavy atom. The van der Waals surface area contributed by atoms with Crippen molar-refractivity contribution in [2.45, 2.75) is 12.5 Å². The molecule has 0 aromatic heterocycles. The maximum atomic E-state index is 11.0. The van der Waals surface area contributed by atoms with E-state index >= 15 is 0 Å². The predicted molar refractivity (Wildman–Crippen MR) is 57.9 cm³/mol. The third-order valence-electron chi connectivity index (χ3n) is 2.77. The van der Waals surface area contributed by atoms with Gasteiger partial charge in [-0.1, -0.05) is 23.7 Å². The van der Waals surface area contributed by atoms with Crippen LogP contribution in [0.3, 0.4) is 0 Å². The zero-order valence-corrected chi connectivity index (χ0v) is 8.87. The van der Waals surface area contributed by atoms with E-state index in [-0.39, 0.29) is 12.0 Å². The molecule has 1 aliphatic rings. The normalized spacial score (nSPS) is 25.4. The first-order valence-electron chi connectivity index (χ1n) is 4.90. The van der Waals surface area contributed by atoms with Crippen LogP contribution in [-0.2, 0) is 4.79 Å². The van der Waals surface area contributed by atoms with Gasteiger partial charge < -0.3 is 10.4 Å². The van der Waals surface area contributed by atoms with Gasteiger partial charge in [0.1, 0.15) is 0 Å². The number of carboxylic acids is 1. The molecular formula is C11H12ClNO2. The van der Waals surface area contributed by atoms with Gasteiger partial charge in [-0.05, 0) is 30.7 Å². The van der Waals surface area contributed by atoms with Crippen LogP contribution < -0.4 is 5.32 Å². The lowest BCUT2D eigenvalue weighted by molar-refractivity contribution is -0.142. The first-order chi connectivity index (χ1) is 7.18. The zero-order valence-electron chi connectivity index (χ0n) is 8.11. The fourth-order valence-corrected chi connectivity index (χ4v) is 2.12. The molecule has 0 spiro atoms. The van der Waals surface area contributed by atoms with E-state index < -0.39 is 5.97 Å². The van der Waals surface area contributed by atoms with Crippen molar-refractivity contribution in [2.75, 3.05) is 6.54 Å². The highest BCUT2D eigenvalue weighted by atomic mass is 35.5. The van der Waals surface area contributed by atoms with Crippen molar-refractivity contribution in [1.82, 2.24) is 5.32 Å². The molecule has 0 bridgehead atoms. The Bertz CT molecular complexity index is 363. The highest BCUT2D eigenvalue weighted by molar-refractivity contribution is 6.30. The summed E-state index contributed by atoms with van der Waals surface area (Å²) < 4.78 is 0. The van der Waals surface area contributed by atoms with E-state index in [9.17, 15) is 4.79 Å². The molecule has 1 aromatic rings. The van der Waals surface area contributed by atoms with Gasteiger partial charge in [0.2, 0.25) is 0 Å². The highest BCUT2D eigenvalue weighted by Gasteiger charge is 2.33. The lowest BCUT2D eigenvalue weighted by atomic mass is 9.94. The van der Waals surface area contributed by atoms with Crippen LogP contribution in [0.1, 0.15) is 18.0 Å². The Labute approximate surface area is 93.1 Å². The lowest BCUT2D eigenvalue weighted by Gasteiger charge is -2.16. The highest BCUT2D eigenvalue weighted by Crippen LogP contribution is 2.30. The van der Waals surface area contributed by atoms with E-state index in [1.54, 1.807) is 12.1 Å². The number of hydrogen-bond donors (Lipinski definition) is 2. The molecule has 1 aromatic carbocycles. The monoisotopic (exact) mass is 225 g/mol. The molecule has 0 saturated carbocycles. The Balaban J connectivity index is 2.22. The third-order valence-corrected chi connectivity index (χ3v) is 3.02. The number of halogens is 1. The van der Waals surface area contributed by atoms with Gasteiger partial charge in [0.15, 0.2) is 0 Å². The average molecular weight is 226 g/mol. The fraction of sp³-hybridized carbons (Fsp3) is 0.364. The van der Waals surface area contributed by atoms with Gasteiger partial charge in [-0.15, -0.1) is 0 Å². The van der Waals surface area contributed by atoms with E-state index in [2.05, 4.69) is 5.32 Å². The van der Waals surface area contributed by atoms with Gasteiger partial charge in [0, 0.05) is 11.1 Å². The second kappa shape index (κ2) is 4.21. The third kappa shape index (κ3) is 2.13. The van der Waals surface area contributed by atoms with Gasteiger partial charge in [-0.3, -0.25) is 4.79 Å². The number of hydrogen-bond acceptors (Lipinski definition) is 2. The molecule has 80 valence electrons. The smallest absolute Gasteiger partial charge is 0.308 e. The van der Waals surface area contributed by atoms with E-state index in [4.69, 9.17) is 16.7 Å². The Morgan fingerprint density at radius 1 is 1.40 bits per heavy atom. The molecule has 3 nitrogen and oxygen atoms in total. The van der Waals surface area contributed by atoms with Crippen molar-refractivity contribution in [2.24, 2.45) is 5.92 Å². The summed E-state index contributed by atoms with van der Waals surface area (Å²) in [6.45, 7) is 0.754. The van der Waals surface area contributed by atoms with E-state index in [0.29, 0.717) is 11.4 Å². The minimum atomic E-state index is -0.736. The first-order valence-corrected chi connectivity index (χ1v) is 5.28. The maximum absolute atomic E-state index is 11.0. The van der Waals surface area contributed by atoms with Gasteiger partial charge in [0.05, 0.1) is 5.92 Å². The Morgan fingerprint density at radius 3 is 2.67 bits per heavy atom. The molecule has 0 amide bonds. The minimum Gasteiger partial charge on any atom is -0.481 e. The van der Waals surface area contributed by atoms with Gasteiger partial charge in [-0.25, -0.2) is 0 Å². The van der Waals surface area contributed by atoms with Crippen LogP contribution in [0.2, 0.25) is 5.02 Å². The predicted octanol–water partition coefficient (Wildman–Crippen LogP) is 2.08. The average Bonchev–Trinajstić information content (AvgIpc) is 2.67. The minimum absolute atomic E-state index is 0.0835. The molecule has 15 heavy (non-hydrogen) atoms. The molecule has 1 fully saturated rings. The number of nitrogens with one attached hydrogen (secondary N) is 1. The molecule has 1 aliphatic heterocycles. The standard InChI is InChI=1S/C11H12ClNO2/c12-8-3-1-7(2-4-8)10-9(11(14)15)5-6-13-10/h1-4,9-10,13H,5-6H2,(H,14,15)/t9-,10?/m1/s1. The summed E-state index contributed by atoms with van der Waals surface area (Å²) in [5, 5.41) is 12.9. The van der Waals surface area contributed by atoms with Crippen LogP contribution in [0.15, 0.2) is 24.3 Å². The van der Waals surface area contributed by atoms with E-state index in [1.807, 2.05) is 12.1 Å². The van der Waals surface area contributed by atoms with Crippen LogP contribution in [-0.4, -0.2) is 17.6 Å². The van der Waals surface area contributed by atoms with Crippen LogP contribution in [0, 0.1) is 5.92 Å². The van der Waals surface area contributed by atoms with Gasteiger partial charge in [0.25, 0.3) is 0 Å². The van der Waals surface area contributed by atoms with Crippen molar-refractivity contribution < 1.29 is 9.90 Å². The second-order valence-electron chi connectivity index (χ2n) is 3.72. The summed E-state index contributed by atoms with van der Waals surface area (Å²) in [6.07, 6.45) is 0.683. The molecule has 1 heterocycles. The molecule has 1 saturated heterocycles. The van der Waals surface area contributed by atoms with Crippen molar-refractivity contribution in [3.8, 4) is 0 Å². The number of carbonyl (C=O) groups is 1. The molecule has 2 N–H and O–H groups in total. The van der Waals surface area contributed by atoms with Crippen LogP contribution in [0.4, 0.5) is 0 Å². The van der Waals surface area contributed by atoms with Crippen LogP contribution in [0.25, 0.3) is 0 Å². The second-order valence-corrected chi connectivity index (χ2v) is 4.15. The van der Waals surface area contributed by atoms with Crippen molar-refractivity contribution in [1.29, 1.82) is 0 Å². The van der Waals surface area contributed by atoms with Crippen molar-refractivity contribution in [3.63, 3.8) is 0 Å². The van der Waals surface area contributed by atoms with Crippen molar-refractivity contribution >= 4 is 17.6 Å². The zero-order chi connectivity index (χ0) is 10.8. The molecular weight excluding hydrogens is 214 g/mol. The number of rotatable bonds is 2. The number of carboxylic acid groups (broad SMARTS) is 1. The quantitative estimate of drug-likeness (QED) is 0.810. The fourth-order valence-electron chi connectivity index (χ4n) is 1.99. The largest absolute Gasteiger partial charge is 0.481 e. The summed E-state index contributed by atoms with van der Waals surface area (Å²) in [6, 6.07) is 7.24. The van der Waals surface area contributed by atoms with Gasteiger partial charge in [-0.2, -0.15) is 0 Å². The molecule has 2 rings (SSSR count). The van der Waals surface area contributed by atoms with Crippen LogP contribution >= 0.6 is 11.6 Å². The molecule has 1 unspecified atom stereocenters. The summed E-state index contributed by atoms with van der Waals surface area (Å²) in [5.74, 6) is -1.06. The summed E-state index contributed by atoms with van der Waals surface area (Å²) in [7, 11) is 0. The summed E-state index contributed by atoms with van der Waals surface area (Å²) in [5.41, 5.74) is 0.990. The Hall–Kier alpha value is -1.06. The van der Waals surface area contributed by atoms with E-state index in [0.717, 1.165) is 12.1 Å². The maximum Gasteiger partial charge on any atom is 0.308 e. The summed E-state index contributed by atoms with van der Waals surface area (Å²) in [4.78, 5) is 11.0. The topological polar surface area (TPSA) is 49.3 Å². The van der Waals surface area contributed by atoms with E-state index in [1.165, 1.54) is 0 Å². The molecule has 4 heteroatoms. The molecule has 2 atom stereocenters. The van der Waals surface area contributed by atoms with Crippen molar-refractivity contribution in [3.05, 3.63) is 34.9 Å². The first kappa shape index (κ1) is 10.5. The Kier molecular flexibility index (Phi) is 2.93. The number of benzene rings is 1. The summed E-state index contributed by atoms with van der Waals surface area (Å²) >= 11 is 5.78. The SMILES string of the molecule is O=C(O)[C@@H]1CCNC1c1ccc(Cl)cc1. The lowest BCUT2D eigenvalue weighted by Crippen LogP contribution is -2.23. The molecule has 0 aliphatic carbocycles. The molecule has 0 radical (unpaired) electrons. The van der Waals surface area contributed by atoms with Gasteiger partial charge >= 0.3 is 5.97 Å².